The maximum Gasteiger partial charge on any atom is 0.357 e. The maximum atomic E-state index is 12.1. The zero-order valence-electron chi connectivity index (χ0n) is 15.9. The molecule has 1 aliphatic heterocycles. The van der Waals surface area contributed by atoms with Crippen LogP contribution in [0.2, 0.25) is 0 Å². The fourth-order valence-corrected chi connectivity index (χ4v) is 3.55. The van der Waals surface area contributed by atoms with Crippen molar-refractivity contribution in [1.29, 1.82) is 0 Å². The molecule has 0 unspecified atom stereocenters. The highest BCUT2D eigenvalue weighted by atomic mass is 16.6. The van der Waals surface area contributed by atoms with Gasteiger partial charge >= 0.3 is 17.5 Å². The summed E-state index contributed by atoms with van der Waals surface area (Å²) < 4.78 is 15.7. The first-order valence-electron chi connectivity index (χ1n) is 8.73. The first kappa shape index (κ1) is 19.4. The van der Waals surface area contributed by atoms with Crippen molar-refractivity contribution in [3.8, 4) is 11.5 Å². The van der Waals surface area contributed by atoms with Crippen LogP contribution in [-0.4, -0.2) is 38.8 Å². The average Bonchev–Trinajstić information content (AvgIpc) is 2.72. The number of hydrogen-bond donors (Lipinski definition) is 0. The van der Waals surface area contributed by atoms with Gasteiger partial charge in [0.15, 0.2) is 11.5 Å². The number of methoxy groups -OCH3 is 3. The van der Waals surface area contributed by atoms with Crippen LogP contribution in [0.15, 0.2) is 30.5 Å². The number of aromatic amines is 1. The number of carbonyl (C=O) groups excluding carboxylic acids is 1. The molecule has 3 rings (SSSR count). The minimum Gasteiger partial charge on any atom is -0.493 e. The number of nitrogens with zero attached hydrogens (tertiary/aromatic N) is 2. The Morgan fingerprint density at radius 1 is 1.29 bits per heavy atom. The summed E-state index contributed by atoms with van der Waals surface area (Å²) in [7, 11) is 4.42. The van der Waals surface area contributed by atoms with Crippen LogP contribution in [0.3, 0.4) is 0 Å². The van der Waals surface area contributed by atoms with Gasteiger partial charge in [0, 0.05) is 18.1 Å². The number of hydrogen-bond acceptors (Lipinski definition) is 7. The van der Waals surface area contributed by atoms with Gasteiger partial charge in [-0.1, -0.05) is 0 Å². The van der Waals surface area contributed by atoms with Gasteiger partial charge in [-0.3, -0.25) is 14.9 Å². The fourth-order valence-electron chi connectivity index (χ4n) is 3.55. The number of anilines is 1. The second kappa shape index (κ2) is 8.12. The second-order valence-electron chi connectivity index (χ2n) is 6.31. The molecule has 0 saturated heterocycles. The quantitative estimate of drug-likeness (QED) is 0.424. The number of H-pyrrole nitrogens is 1. The van der Waals surface area contributed by atoms with Crippen LogP contribution in [0, 0.1) is 10.1 Å². The predicted molar refractivity (Wildman–Crippen MR) is 99.6 cm³/mol. The van der Waals surface area contributed by atoms with Crippen molar-refractivity contribution in [2.24, 2.45) is 0 Å². The normalized spacial score (nSPS) is 15.5. The lowest BCUT2D eigenvalue weighted by atomic mass is 9.90. The number of benzene rings is 1. The number of ether oxygens (including phenoxy) is 3. The number of nitro groups is 1. The predicted octanol–water partition coefficient (Wildman–Crippen LogP) is 2.09. The number of nitrogens with one attached hydrogen (secondary N) is 1. The van der Waals surface area contributed by atoms with Gasteiger partial charge in [0.1, 0.15) is 6.04 Å². The Bertz CT molecular complexity index is 901. The van der Waals surface area contributed by atoms with Gasteiger partial charge in [-0.25, -0.2) is 9.88 Å². The summed E-state index contributed by atoms with van der Waals surface area (Å²) in [5, 5.41) is 11.5. The molecule has 9 nitrogen and oxygen atoms in total. The molecule has 0 spiro atoms. The van der Waals surface area contributed by atoms with Gasteiger partial charge in [-0.2, -0.15) is 0 Å². The van der Waals surface area contributed by atoms with Crippen LogP contribution in [0.4, 0.5) is 11.5 Å². The summed E-state index contributed by atoms with van der Waals surface area (Å²) >= 11 is 0. The van der Waals surface area contributed by atoms with Crippen LogP contribution in [-0.2, 0) is 16.0 Å². The van der Waals surface area contributed by atoms with E-state index in [1.807, 2.05) is 17.0 Å². The Kier molecular flexibility index (Phi) is 5.62. The smallest absolute Gasteiger partial charge is 0.357 e. The third-order valence-corrected chi connectivity index (χ3v) is 4.89. The highest BCUT2D eigenvalue weighted by Crippen LogP contribution is 2.42. The third-order valence-electron chi connectivity index (χ3n) is 4.89. The molecule has 0 aliphatic carbocycles. The zero-order valence-corrected chi connectivity index (χ0v) is 15.9. The standard InChI is InChI=1S/C19H21N3O6/c1-26-16-9-12-6-8-21(19-14(22(24)25)5-4-7-20-19)15(11-18(23)28-3)13(12)10-17(16)27-2/h4-5,7,9-10,15H,6,8,11H2,1-3H3/p+1/t15-/m0/s1. The van der Waals surface area contributed by atoms with E-state index in [1.54, 1.807) is 19.4 Å². The van der Waals surface area contributed by atoms with E-state index >= 15 is 0 Å². The molecule has 0 amide bonds. The lowest BCUT2D eigenvalue weighted by Crippen LogP contribution is -2.40. The third kappa shape index (κ3) is 3.55. The van der Waals surface area contributed by atoms with Crippen LogP contribution in [0.1, 0.15) is 23.6 Å². The highest BCUT2D eigenvalue weighted by molar-refractivity contribution is 5.72. The number of esters is 1. The van der Waals surface area contributed by atoms with Gasteiger partial charge < -0.3 is 14.2 Å². The van der Waals surface area contributed by atoms with Crippen LogP contribution in [0.25, 0.3) is 0 Å². The largest absolute Gasteiger partial charge is 0.493 e. The molecule has 0 fully saturated rings. The van der Waals surface area contributed by atoms with Gasteiger partial charge in [0.25, 0.3) is 0 Å². The molecule has 1 aromatic carbocycles. The molecule has 1 atom stereocenters. The Morgan fingerprint density at radius 2 is 2.00 bits per heavy atom. The SMILES string of the molecule is COC(=O)C[C@H]1c2cc(OC)c(OC)cc2CCN1c1[nH+]cccc1[N+](=O)[O-]. The first-order chi connectivity index (χ1) is 13.5. The van der Waals surface area contributed by atoms with E-state index in [-0.39, 0.29) is 12.1 Å². The lowest BCUT2D eigenvalue weighted by Gasteiger charge is -2.32. The number of aromatic nitrogens is 1. The molecule has 0 saturated carbocycles. The van der Waals surface area contributed by atoms with Gasteiger partial charge in [-0.05, 0) is 23.8 Å². The Balaban J connectivity index is 2.13. The Labute approximate surface area is 162 Å². The van der Waals surface area contributed by atoms with Crippen molar-refractivity contribution >= 4 is 17.5 Å². The molecule has 1 aromatic heterocycles. The Morgan fingerprint density at radius 3 is 2.64 bits per heavy atom. The van der Waals surface area contributed by atoms with Gasteiger partial charge in [0.2, 0.25) is 0 Å². The molecule has 0 bridgehead atoms. The zero-order chi connectivity index (χ0) is 20.3. The summed E-state index contributed by atoms with van der Waals surface area (Å²) in [6, 6.07) is 6.27. The van der Waals surface area contributed by atoms with Crippen molar-refractivity contribution in [3.05, 3.63) is 51.7 Å². The molecule has 0 radical (unpaired) electrons. The molecule has 148 valence electrons. The summed E-state index contributed by atoms with van der Waals surface area (Å²) in [4.78, 5) is 28.0. The topological polar surface area (TPSA) is 105 Å². The van der Waals surface area contributed by atoms with E-state index in [2.05, 4.69) is 4.98 Å². The minimum absolute atomic E-state index is 0.0405. The summed E-state index contributed by atoms with van der Waals surface area (Å²) in [5.41, 5.74) is 1.79. The van der Waals surface area contributed by atoms with Crippen molar-refractivity contribution < 1.29 is 28.9 Å². The number of rotatable bonds is 6. The van der Waals surface area contributed by atoms with Crippen LogP contribution < -0.4 is 19.4 Å². The van der Waals surface area contributed by atoms with Gasteiger partial charge in [0.05, 0.1) is 45.4 Å². The van der Waals surface area contributed by atoms with Crippen LogP contribution >= 0.6 is 0 Å². The monoisotopic (exact) mass is 388 g/mol. The number of pyridine rings is 1. The fraction of sp³-hybridized carbons (Fsp3) is 0.368. The van der Waals surface area contributed by atoms with E-state index in [0.29, 0.717) is 30.3 Å². The minimum atomic E-state index is -0.451. The maximum absolute atomic E-state index is 12.1. The molecule has 1 N–H and O–H groups in total. The molecular weight excluding hydrogens is 366 g/mol. The first-order valence-corrected chi connectivity index (χ1v) is 8.73. The molecule has 2 aromatic rings. The van der Waals surface area contributed by atoms with E-state index in [9.17, 15) is 14.9 Å². The van der Waals surface area contributed by atoms with Crippen molar-refractivity contribution in [2.45, 2.75) is 18.9 Å². The average molecular weight is 388 g/mol. The molecule has 1 aliphatic rings. The van der Waals surface area contributed by atoms with E-state index in [0.717, 1.165) is 11.1 Å². The lowest BCUT2D eigenvalue weighted by molar-refractivity contribution is -0.411. The van der Waals surface area contributed by atoms with E-state index in [1.165, 1.54) is 20.3 Å². The highest BCUT2D eigenvalue weighted by Gasteiger charge is 2.40. The summed E-state index contributed by atoms with van der Waals surface area (Å²) in [6.07, 6.45) is 2.30. The summed E-state index contributed by atoms with van der Waals surface area (Å²) in [5.74, 6) is 1.08. The summed E-state index contributed by atoms with van der Waals surface area (Å²) in [6.45, 7) is 0.492. The van der Waals surface area contributed by atoms with Crippen molar-refractivity contribution in [3.63, 3.8) is 0 Å². The molecule has 28 heavy (non-hydrogen) atoms. The number of fused-ring (bicyclic) bond motifs is 1. The Hall–Kier alpha value is -3.36. The van der Waals surface area contributed by atoms with Crippen molar-refractivity contribution in [1.82, 2.24) is 0 Å². The second-order valence-corrected chi connectivity index (χ2v) is 6.31. The molecule has 9 heteroatoms. The van der Waals surface area contributed by atoms with Crippen LogP contribution in [0.5, 0.6) is 11.5 Å². The molecular formula is C19H22N3O6+. The van der Waals surface area contributed by atoms with Gasteiger partial charge in [-0.15, -0.1) is 0 Å². The van der Waals surface area contributed by atoms with Crippen molar-refractivity contribution in [2.75, 3.05) is 32.8 Å². The molecule has 2 heterocycles. The number of carbonyl (C=O) groups is 1. The van der Waals surface area contributed by atoms with E-state index in [4.69, 9.17) is 14.2 Å². The van der Waals surface area contributed by atoms with E-state index < -0.39 is 16.9 Å².